The molecule has 0 aromatic heterocycles. The highest BCUT2D eigenvalue weighted by atomic mass is 14.2. The van der Waals surface area contributed by atoms with Crippen LogP contribution in [-0.4, -0.2) is 0 Å². The van der Waals surface area contributed by atoms with Gasteiger partial charge in [-0.2, -0.15) is 0 Å². The fourth-order valence-corrected chi connectivity index (χ4v) is 9.14. The second kappa shape index (κ2) is 13.2. The summed E-state index contributed by atoms with van der Waals surface area (Å²) in [6, 6.07) is 80.4. The lowest BCUT2D eigenvalue weighted by atomic mass is 9.83. The van der Waals surface area contributed by atoms with Crippen LogP contribution in [-0.2, 0) is 0 Å². The van der Waals surface area contributed by atoms with Crippen molar-refractivity contribution >= 4 is 53.9 Å². The van der Waals surface area contributed by atoms with Crippen molar-refractivity contribution in [3.63, 3.8) is 0 Å². The second-order valence-corrected chi connectivity index (χ2v) is 14.8. The van der Waals surface area contributed by atoms with Crippen molar-refractivity contribution in [2.45, 2.75) is 0 Å². The van der Waals surface area contributed by atoms with Gasteiger partial charge in [0.05, 0.1) is 0 Å². The number of rotatable bonds is 5. The molecule has 11 rings (SSSR count). The molecule has 0 aliphatic heterocycles. The van der Waals surface area contributed by atoms with Gasteiger partial charge in [-0.1, -0.05) is 200 Å². The summed E-state index contributed by atoms with van der Waals surface area (Å²) in [6.45, 7) is 0. The summed E-state index contributed by atoms with van der Waals surface area (Å²) in [4.78, 5) is 0. The monoisotopic (exact) mass is 708 g/mol. The van der Waals surface area contributed by atoms with Crippen LogP contribution in [0.4, 0.5) is 0 Å². The predicted molar refractivity (Wildman–Crippen MR) is 241 cm³/mol. The lowest BCUT2D eigenvalue weighted by Crippen LogP contribution is -1.93. The third-order valence-corrected chi connectivity index (χ3v) is 11.6. The molecule has 0 heterocycles. The summed E-state index contributed by atoms with van der Waals surface area (Å²) in [5.41, 5.74) is 12.3. The Bertz CT molecular complexity index is 3230. The van der Waals surface area contributed by atoms with Gasteiger partial charge in [-0.3, -0.25) is 0 Å². The molecule has 11 aromatic rings. The van der Waals surface area contributed by atoms with Gasteiger partial charge in [0.15, 0.2) is 0 Å². The lowest BCUT2D eigenvalue weighted by Gasteiger charge is -2.20. The van der Waals surface area contributed by atoms with E-state index >= 15 is 0 Å². The van der Waals surface area contributed by atoms with Crippen molar-refractivity contribution in [1.82, 2.24) is 0 Å². The molecule has 0 heteroatoms. The molecule has 260 valence electrons. The van der Waals surface area contributed by atoms with Crippen LogP contribution in [0.3, 0.4) is 0 Å². The van der Waals surface area contributed by atoms with Crippen LogP contribution in [0, 0.1) is 0 Å². The summed E-state index contributed by atoms with van der Waals surface area (Å²) in [6.07, 6.45) is 0. The molecule has 0 radical (unpaired) electrons. The minimum atomic E-state index is 1.20. The second-order valence-electron chi connectivity index (χ2n) is 14.8. The van der Waals surface area contributed by atoms with Crippen molar-refractivity contribution in [1.29, 1.82) is 0 Å². The Morgan fingerprint density at radius 2 is 0.661 bits per heavy atom. The Labute approximate surface area is 326 Å². The van der Waals surface area contributed by atoms with Gasteiger partial charge >= 0.3 is 0 Å². The first-order valence-electron chi connectivity index (χ1n) is 19.4. The van der Waals surface area contributed by atoms with E-state index in [1.165, 1.54) is 109 Å². The van der Waals surface area contributed by atoms with E-state index in [0.29, 0.717) is 0 Å². The first kappa shape index (κ1) is 32.2. The Balaban J connectivity index is 1.22. The fourth-order valence-electron chi connectivity index (χ4n) is 9.14. The smallest absolute Gasteiger partial charge is 0.00261 e. The van der Waals surface area contributed by atoms with E-state index in [-0.39, 0.29) is 0 Å². The zero-order valence-corrected chi connectivity index (χ0v) is 30.8. The van der Waals surface area contributed by atoms with Crippen LogP contribution in [0.5, 0.6) is 0 Å². The van der Waals surface area contributed by atoms with E-state index in [0.717, 1.165) is 0 Å². The van der Waals surface area contributed by atoms with Crippen LogP contribution >= 0.6 is 0 Å². The van der Waals surface area contributed by atoms with E-state index in [1.807, 2.05) is 0 Å². The highest BCUT2D eigenvalue weighted by Crippen LogP contribution is 2.47. The van der Waals surface area contributed by atoms with Crippen LogP contribution in [0.1, 0.15) is 0 Å². The Morgan fingerprint density at radius 3 is 1.36 bits per heavy atom. The molecule has 0 bridgehead atoms. The molecule has 0 aliphatic rings. The normalized spacial score (nSPS) is 11.6. The molecular formula is C56H36. The Morgan fingerprint density at radius 1 is 0.179 bits per heavy atom. The molecule has 0 spiro atoms. The molecule has 0 nitrogen and oxygen atoms in total. The van der Waals surface area contributed by atoms with Crippen molar-refractivity contribution < 1.29 is 0 Å². The highest BCUT2D eigenvalue weighted by Gasteiger charge is 2.20. The van der Waals surface area contributed by atoms with Gasteiger partial charge in [-0.05, 0) is 128 Å². The number of hydrogen-bond donors (Lipinski definition) is 0. The SMILES string of the molecule is c1ccc(-c2c3ccccc3c(-c3ccc(-c4cccc(-c5cccc6ccccc56)c4)c(-c4cc5ccccc5c5ccccc45)c3)c3ccccc23)cc1. The molecule has 0 aliphatic carbocycles. The van der Waals surface area contributed by atoms with Gasteiger partial charge in [-0.25, -0.2) is 0 Å². The van der Waals surface area contributed by atoms with Crippen molar-refractivity contribution in [3.8, 4) is 55.6 Å². The summed E-state index contributed by atoms with van der Waals surface area (Å²) in [5.74, 6) is 0. The third kappa shape index (κ3) is 5.22. The lowest BCUT2D eigenvalue weighted by molar-refractivity contribution is 1.59. The van der Waals surface area contributed by atoms with Crippen LogP contribution in [0.2, 0.25) is 0 Å². The average Bonchev–Trinajstić information content (AvgIpc) is 3.28. The zero-order chi connectivity index (χ0) is 37.0. The number of hydrogen-bond acceptors (Lipinski definition) is 0. The largest absolute Gasteiger partial charge is 0.0622 e. The van der Waals surface area contributed by atoms with Gasteiger partial charge < -0.3 is 0 Å². The molecule has 0 amide bonds. The Kier molecular flexibility index (Phi) is 7.60. The predicted octanol–water partition coefficient (Wildman–Crippen LogP) is 15.8. The van der Waals surface area contributed by atoms with E-state index in [4.69, 9.17) is 0 Å². The van der Waals surface area contributed by atoms with Crippen molar-refractivity contribution in [2.24, 2.45) is 0 Å². The van der Waals surface area contributed by atoms with Gasteiger partial charge in [0.25, 0.3) is 0 Å². The zero-order valence-electron chi connectivity index (χ0n) is 30.8. The molecule has 0 saturated carbocycles. The summed E-state index contributed by atoms with van der Waals surface area (Å²) >= 11 is 0. The molecule has 11 aromatic carbocycles. The third-order valence-electron chi connectivity index (χ3n) is 11.6. The van der Waals surface area contributed by atoms with Crippen molar-refractivity contribution in [3.05, 3.63) is 218 Å². The number of benzene rings is 11. The highest BCUT2D eigenvalue weighted by molar-refractivity contribution is 6.22. The van der Waals surface area contributed by atoms with E-state index in [9.17, 15) is 0 Å². The van der Waals surface area contributed by atoms with E-state index < -0.39 is 0 Å². The van der Waals surface area contributed by atoms with Gasteiger partial charge in [0.1, 0.15) is 0 Å². The average molecular weight is 709 g/mol. The van der Waals surface area contributed by atoms with E-state index in [2.05, 4.69) is 218 Å². The van der Waals surface area contributed by atoms with Gasteiger partial charge in [-0.15, -0.1) is 0 Å². The van der Waals surface area contributed by atoms with Crippen LogP contribution < -0.4 is 0 Å². The summed E-state index contributed by atoms with van der Waals surface area (Å²) < 4.78 is 0. The van der Waals surface area contributed by atoms with E-state index in [1.54, 1.807) is 0 Å². The van der Waals surface area contributed by atoms with Crippen LogP contribution in [0.25, 0.3) is 109 Å². The molecule has 56 heavy (non-hydrogen) atoms. The fraction of sp³-hybridized carbons (Fsp3) is 0. The maximum absolute atomic E-state index is 2.47. The minimum Gasteiger partial charge on any atom is -0.0622 e. The molecule has 0 fully saturated rings. The minimum absolute atomic E-state index is 1.20. The summed E-state index contributed by atoms with van der Waals surface area (Å²) in [7, 11) is 0. The first-order valence-corrected chi connectivity index (χ1v) is 19.4. The molecule has 0 saturated heterocycles. The van der Waals surface area contributed by atoms with Gasteiger partial charge in [0.2, 0.25) is 0 Å². The quantitative estimate of drug-likeness (QED) is 0.123. The molecule has 0 atom stereocenters. The van der Waals surface area contributed by atoms with Gasteiger partial charge in [0, 0.05) is 0 Å². The molecule has 0 N–H and O–H groups in total. The van der Waals surface area contributed by atoms with Crippen molar-refractivity contribution in [2.75, 3.05) is 0 Å². The first-order chi connectivity index (χ1) is 27.8. The number of fused-ring (bicyclic) bond motifs is 6. The maximum atomic E-state index is 2.47. The Hall–Kier alpha value is -7.28. The molecule has 0 unspecified atom stereocenters. The molecular weight excluding hydrogens is 673 g/mol. The summed E-state index contributed by atoms with van der Waals surface area (Å²) in [5, 5.41) is 12.6. The topological polar surface area (TPSA) is 0 Å². The van der Waals surface area contributed by atoms with Crippen LogP contribution in [0.15, 0.2) is 218 Å². The standard InChI is InChI=1S/C56H36/c1-2-17-38(18-3-1)55-49-27-10-12-29-51(49)56(52-30-13-11-28-50(52)55)42-32-33-46(40-22-14-21-39(34-40)44-31-15-20-37-16-4-6-23-43(37)44)53(36-42)54-35-41-19-5-7-24-45(41)47-25-8-9-26-48(47)54/h1-36H. The maximum Gasteiger partial charge on any atom is -0.00261 e.